The SMILES string of the molecule is CCOC(=O)Nc1nc(CC(=O)N2CCc3ccccc32)cs1. The summed E-state index contributed by atoms with van der Waals surface area (Å²) in [6.45, 7) is 2.74. The largest absolute Gasteiger partial charge is 0.450 e. The van der Waals surface area contributed by atoms with Crippen molar-refractivity contribution in [1.82, 2.24) is 4.98 Å². The van der Waals surface area contributed by atoms with Crippen molar-refractivity contribution in [3.05, 3.63) is 40.9 Å². The topological polar surface area (TPSA) is 71.5 Å². The lowest BCUT2D eigenvalue weighted by atomic mass is 10.2. The number of hydrogen-bond acceptors (Lipinski definition) is 5. The molecule has 23 heavy (non-hydrogen) atoms. The number of thiazole rings is 1. The highest BCUT2D eigenvalue weighted by atomic mass is 32.1. The summed E-state index contributed by atoms with van der Waals surface area (Å²) in [6.07, 6.45) is 0.567. The average Bonchev–Trinajstić information content (AvgIpc) is 3.14. The summed E-state index contributed by atoms with van der Waals surface area (Å²) in [6, 6.07) is 7.94. The van der Waals surface area contributed by atoms with Gasteiger partial charge in [-0.2, -0.15) is 0 Å². The second-order valence-electron chi connectivity index (χ2n) is 5.09. The molecule has 0 fully saturated rings. The fraction of sp³-hybridized carbons (Fsp3) is 0.312. The third-order valence-electron chi connectivity index (χ3n) is 3.56. The van der Waals surface area contributed by atoms with Crippen LogP contribution in [0.25, 0.3) is 0 Å². The number of carbonyl (C=O) groups is 2. The van der Waals surface area contributed by atoms with E-state index in [4.69, 9.17) is 4.74 Å². The van der Waals surface area contributed by atoms with E-state index in [9.17, 15) is 9.59 Å². The number of hydrogen-bond donors (Lipinski definition) is 1. The number of amides is 2. The Morgan fingerprint density at radius 1 is 1.39 bits per heavy atom. The van der Waals surface area contributed by atoms with Crippen LogP contribution in [0.2, 0.25) is 0 Å². The van der Waals surface area contributed by atoms with Crippen LogP contribution >= 0.6 is 11.3 Å². The van der Waals surface area contributed by atoms with Gasteiger partial charge in [0.25, 0.3) is 0 Å². The lowest BCUT2D eigenvalue weighted by Crippen LogP contribution is -2.30. The minimum atomic E-state index is -0.534. The van der Waals surface area contributed by atoms with Crippen LogP contribution in [-0.4, -0.2) is 30.1 Å². The van der Waals surface area contributed by atoms with Crippen LogP contribution in [0.5, 0.6) is 0 Å². The maximum absolute atomic E-state index is 12.5. The monoisotopic (exact) mass is 331 g/mol. The van der Waals surface area contributed by atoms with Gasteiger partial charge in [-0.3, -0.25) is 10.1 Å². The average molecular weight is 331 g/mol. The normalized spacial score (nSPS) is 12.8. The molecule has 1 aromatic carbocycles. The number of para-hydroxylation sites is 1. The van der Waals surface area contributed by atoms with Crippen LogP contribution in [0.1, 0.15) is 18.2 Å². The maximum atomic E-state index is 12.5. The first-order valence-corrected chi connectivity index (χ1v) is 8.31. The van der Waals surface area contributed by atoms with Crippen molar-refractivity contribution in [3.63, 3.8) is 0 Å². The molecule has 0 spiro atoms. The Morgan fingerprint density at radius 2 is 2.22 bits per heavy atom. The van der Waals surface area contributed by atoms with E-state index in [0.717, 1.165) is 12.1 Å². The number of aromatic nitrogens is 1. The molecule has 7 heteroatoms. The van der Waals surface area contributed by atoms with Crippen molar-refractivity contribution >= 4 is 34.2 Å². The summed E-state index contributed by atoms with van der Waals surface area (Å²) in [5.74, 6) is 0.0166. The van der Waals surface area contributed by atoms with Gasteiger partial charge < -0.3 is 9.64 Å². The number of carbonyl (C=O) groups excluding carboxylic acids is 2. The van der Waals surface area contributed by atoms with Gasteiger partial charge in [0.1, 0.15) is 0 Å². The molecule has 2 aromatic rings. The Balaban J connectivity index is 1.63. The minimum Gasteiger partial charge on any atom is -0.450 e. The van der Waals surface area contributed by atoms with Crippen molar-refractivity contribution < 1.29 is 14.3 Å². The number of nitrogens with zero attached hydrogens (tertiary/aromatic N) is 2. The van der Waals surface area contributed by atoms with Crippen LogP contribution in [0.3, 0.4) is 0 Å². The maximum Gasteiger partial charge on any atom is 0.413 e. The predicted molar refractivity (Wildman–Crippen MR) is 89.0 cm³/mol. The molecule has 1 aliphatic heterocycles. The van der Waals surface area contributed by atoms with Gasteiger partial charge in [-0.25, -0.2) is 9.78 Å². The molecule has 0 saturated carbocycles. The third kappa shape index (κ3) is 3.50. The number of nitrogens with one attached hydrogen (secondary N) is 1. The van der Waals surface area contributed by atoms with Crippen molar-refractivity contribution in [2.45, 2.75) is 19.8 Å². The van der Waals surface area contributed by atoms with E-state index in [1.807, 2.05) is 24.3 Å². The molecule has 0 bridgehead atoms. The van der Waals surface area contributed by atoms with E-state index in [2.05, 4.69) is 10.3 Å². The van der Waals surface area contributed by atoms with Crippen LogP contribution in [0.4, 0.5) is 15.6 Å². The highest BCUT2D eigenvalue weighted by Crippen LogP contribution is 2.28. The molecule has 1 N–H and O–H groups in total. The Kier molecular flexibility index (Phi) is 4.57. The minimum absolute atomic E-state index is 0.0166. The quantitative estimate of drug-likeness (QED) is 0.935. The molecule has 1 aliphatic rings. The molecule has 0 atom stereocenters. The van der Waals surface area contributed by atoms with Gasteiger partial charge in [-0.15, -0.1) is 11.3 Å². The van der Waals surface area contributed by atoms with Gasteiger partial charge in [-0.05, 0) is 25.0 Å². The molecular weight excluding hydrogens is 314 g/mol. The standard InChI is InChI=1S/C16H17N3O3S/c1-2-22-16(21)18-15-17-12(10-23-15)9-14(20)19-8-7-11-5-3-4-6-13(11)19/h3-6,10H,2,7-9H2,1H3,(H,17,18,21). The van der Waals surface area contributed by atoms with E-state index < -0.39 is 6.09 Å². The van der Waals surface area contributed by atoms with E-state index in [1.54, 1.807) is 17.2 Å². The highest BCUT2D eigenvalue weighted by Gasteiger charge is 2.24. The zero-order valence-corrected chi connectivity index (χ0v) is 13.6. The van der Waals surface area contributed by atoms with Gasteiger partial charge in [0.05, 0.1) is 18.7 Å². The van der Waals surface area contributed by atoms with Crippen LogP contribution < -0.4 is 10.2 Å². The van der Waals surface area contributed by atoms with Crippen molar-refractivity contribution in [2.75, 3.05) is 23.4 Å². The number of benzene rings is 1. The van der Waals surface area contributed by atoms with Crippen molar-refractivity contribution in [3.8, 4) is 0 Å². The second kappa shape index (κ2) is 6.78. The fourth-order valence-electron chi connectivity index (χ4n) is 2.55. The number of ether oxygens (including phenoxy) is 1. The lowest BCUT2D eigenvalue weighted by Gasteiger charge is -2.16. The summed E-state index contributed by atoms with van der Waals surface area (Å²) in [4.78, 5) is 29.9. The van der Waals surface area contributed by atoms with E-state index in [-0.39, 0.29) is 12.3 Å². The molecule has 0 saturated heterocycles. The fourth-order valence-corrected chi connectivity index (χ4v) is 3.24. The van der Waals surface area contributed by atoms with Crippen LogP contribution in [0.15, 0.2) is 29.6 Å². The van der Waals surface area contributed by atoms with Crippen LogP contribution in [0, 0.1) is 0 Å². The Bertz CT molecular complexity index is 729. The molecule has 0 aliphatic carbocycles. The predicted octanol–water partition coefficient (Wildman–Crippen LogP) is 2.84. The molecule has 120 valence electrons. The molecule has 6 nitrogen and oxygen atoms in total. The van der Waals surface area contributed by atoms with E-state index >= 15 is 0 Å². The first kappa shape index (κ1) is 15.5. The Labute approximate surface area is 138 Å². The lowest BCUT2D eigenvalue weighted by molar-refractivity contribution is -0.117. The Morgan fingerprint density at radius 3 is 3.04 bits per heavy atom. The summed E-state index contributed by atoms with van der Waals surface area (Å²) in [5, 5.41) is 4.76. The highest BCUT2D eigenvalue weighted by molar-refractivity contribution is 7.13. The summed E-state index contributed by atoms with van der Waals surface area (Å²) in [7, 11) is 0. The molecule has 2 heterocycles. The summed E-state index contributed by atoms with van der Waals surface area (Å²) >= 11 is 1.28. The molecule has 0 unspecified atom stereocenters. The van der Waals surface area contributed by atoms with Gasteiger partial charge >= 0.3 is 6.09 Å². The van der Waals surface area contributed by atoms with Crippen LogP contribution in [-0.2, 0) is 22.4 Å². The van der Waals surface area contributed by atoms with Crippen molar-refractivity contribution in [1.29, 1.82) is 0 Å². The van der Waals surface area contributed by atoms with E-state index in [1.165, 1.54) is 16.9 Å². The number of rotatable bonds is 4. The number of fused-ring (bicyclic) bond motifs is 1. The smallest absolute Gasteiger partial charge is 0.413 e. The van der Waals surface area contributed by atoms with Crippen molar-refractivity contribution in [2.24, 2.45) is 0 Å². The molecule has 2 amide bonds. The second-order valence-corrected chi connectivity index (χ2v) is 5.95. The summed E-state index contributed by atoms with van der Waals surface area (Å²) < 4.78 is 4.80. The van der Waals surface area contributed by atoms with Gasteiger partial charge in [-0.1, -0.05) is 18.2 Å². The van der Waals surface area contributed by atoms with Gasteiger partial charge in [0.15, 0.2) is 5.13 Å². The zero-order chi connectivity index (χ0) is 16.2. The molecule has 1 aromatic heterocycles. The number of anilines is 2. The Hall–Kier alpha value is -2.41. The molecule has 3 rings (SSSR count). The van der Waals surface area contributed by atoms with E-state index in [0.29, 0.717) is 24.0 Å². The third-order valence-corrected chi connectivity index (χ3v) is 4.36. The first-order valence-electron chi connectivity index (χ1n) is 7.44. The summed E-state index contributed by atoms with van der Waals surface area (Å²) in [5.41, 5.74) is 2.83. The molecular formula is C16H17N3O3S. The van der Waals surface area contributed by atoms with Gasteiger partial charge in [0, 0.05) is 17.6 Å². The zero-order valence-electron chi connectivity index (χ0n) is 12.7. The molecule has 0 radical (unpaired) electrons. The first-order chi connectivity index (χ1) is 11.2. The van der Waals surface area contributed by atoms with Gasteiger partial charge in [0.2, 0.25) is 5.91 Å².